The first kappa shape index (κ1) is 13.7. The molecule has 0 spiro atoms. The number of aryl methyl sites for hydroxylation is 1. The predicted molar refractivity (Wildman–Crippen MR) is 71.9 cm³/mol. The highest BCUT2D eigenvalue weighted by Crippen LogP contribution is 2.33. The van der Waals surface area contributed by atoms with Crippen LogP contribution in [-0.4, -0.2) is 5.11 Å². The number of rotatable bonds is 4. The van der Waals surface area contributed by atoms with E-state index < -0.39 is 0 Å². The lowest BCUT2D eigenvalue weighted by Gasteiger charge is -2.24. The van der Waals surface area contributed by atoms with Gasteiger partial charge in [-0.25, -0.2) is 0 Å². The van der Waals surface area contributed by atoms with Crippen molar-refractivity contribution in [2.24, 2.45) is 11.3 Å². The summed E-state index contributed by atoms with van der Waals surface area (Å²) >= 11 is 1.67. The lowest BCUT2D eigenvalue weighted by Crippen LogP contribution is -2.13. The molecule has 0 aliphatic heterocycles. The van der Waals surface area contributed by atoms with Gasteiger partial charge in [-0.05, 0) is 48.1 Å². The van der Waals surface area contributed by atoms with Crippen LogP contribution in [-0.2, 0) is 0 Å². The van der Waals surface area contributed by atoms with Crippen LogP contribution in [0.1, 0.15) is 57.1 Å². The topological polar surface area (TPSA) is 20.2 Å². The zero-order chi connectivity index (χ0) is 12.3. The highest BCUT2D eigenvalue weighted by Gasteiger charge is 2.20. The molecule has 16 heavy (non-hydrogen) atoms. The Labute approximate surface area is 104 Å². The Morgan fingerprint density at radius 1 is 1.38 bits per heavy atom. The normalized spacial score (nSPS) is 16.1. The van der Waals surface area contributed by atoms with E-state index in [0.29, 0.717) is 11.3 Å². The fourth-order valence-corrected chi connectivity index (χ4v) is 3.27. The third-order valence-corrected chi connectivity index (χ3v) is 3.91. The summed E-state index contributed by atoms with van der Waals surface area (Å²) in [4.78, 5) is 1.14. The molecule has 0 saturated carbocycles. The van der Waals surface area contributed by atoms with Gasteiger partial charge in [-0.3, -0.25) is 0 Å². The summed E-state index contributed by atoms with van der Waals surface area (Å²) in [5.74, 6) is 0.566. The maximum atomic E-state index is 10.2. The molecule has 2 atom stereocenters. The minimum atomic E-state index is -0.280. The molecule has 2 unspecified atom stereocenters. The molecule has 0 amide bonds. The second-order valence-corrected chi connectivity index (χ2v) is 7.04. The van der Waals surface area contributed by atoms with Crippen LogP contribution >= 0.6 is 11.3 Å². The van der Waals surface area contributed by atoms with Gasteiger partial charge >= 0.3 is 0 Å². The van der Waals surface area contributed by atoms with E-state index >= 15 is 0 Å². The van der Waals surface area contributed by atoms with Crippen LogP contribution in [0.5, 0.6) is 0 Å². The Kier molecular flexibility index (Phi) is 4.57. The molecule has 1 nitrogen and oxygen atoms in total. The van der Waals surface area contributed by atoms with Crippen LogP contribution in [0.15, 0.2) is 11.4 Å². The van der Waals surface area contributed by atoms with Crippen molar-refractivity contribution >= 4 is 11.3 Å². The first-order valence-electron chi connectivity index (χ1n) is 6.01. The Hall–Kier alpha value is -0.340. The van der Waals surface area contributed by atoms with Gasteiger partial charge in [0.25, 0.3) is 0 Å². The van der Waals surface area contributed by atoms with Gasteiger partial charge in [-0.2, -0.15) is 0 Å². The minimum absolute atomic E-state index is 0.280. The minimum Gasteiger partial charge on any atom is -0.388 e. The second-order valence-electron chi connectivity index (χ2n) is 6.09. The average Bonchev–Trinajstić information content (AvgIpc) is 2.47. The van der Waals surface area contributed by atoms with E-state index in [0.717, 1.165) is 17.7 Å². The third kappa shape index (κ3) is 4.26. The fourth-order valence-electron chi connectivity index (χ4n) is 2.34. The zero-order valence-corrected chi connectivity index (χ0v) is 11.9. The van der Waals surface area contributed by atoms with E-state index in [-0.39, 0.29) is 6.10 Å². The highest BCUT2D eigenvalue weighted by atomic mass is 32.1. The van der Waals surface area contributed by atoms with Crippen molar-refractivity contribution in [1.29, 1.82) is 0 Å². The van der Waals surface area contributed by atoms with E-state index in [4.69, 9.17) is 0 Å². The van der Waals surface area contributed by atoms with Crippen LogP contribution in [0.2, 0.25) is 0 Å². The highest BCUT2D eigenvalue weighted by molar-refractivity contribution is 7.10. The van der Waals surface area contributed by atoms with Crippen molar-refractivity contribution < 1.29 is 5.11 Å². The van der Waals surface area contributed by atoms with E-state index in [1.54, 1.807) is 11.3 Å². The maximum Gasteiger partial charge on any atom is 0.0887 e. The molecule has 1 heterocycles. The van der Waals surface area contributed by atoms with Gasteiger partial charge in [-0.15, -0.1) is 11.3 Å². The lowest BCUT2D eigenvalue weighted by molar-refractivity contribution is 0.136. The fraction of sp³-hybridized carbons (Fsp3) is 0.714. The van der Waals surface area contributed by atoms with E-state index in [2.05, 4.69) is 46.1 Å². The smallest absolute Gasteiger partial charge is 0.0887 e. The van der Waals surface area contributed by atoms with Crippen molar-refractivity contribution in [1.82, 2.24) is 0 Å². The van der Waals surface area contributed by atoms with Crippen molar-refractivity contribution in [2.75, 3.05) is 0 Å². The Bertz CT molecular complexity index is 322. The lowest BCUT2D eigenvalue weighted by atomic mass is 9.83. The number of aliphatic hydroxyl groups excluding tert-OH is 1. The van der Waals surface area contributed by atoms with Gasteiger partial charge in [0, 0.05) is 4.88 Å². The van der Waals surface area contributed by atoms with Crippen molar-refractivity contribution in [3.8, 4) is 0 Å². The molecule has 2 heteroatoms. The van der Waals surface area contributed by atoms with E-state index in [9.17, 15) is 5.11 Å². The summed E-state index contributed by atoms with van der Waals surface area (Å²) in [7, 11) is 0. The Morgan fingerprint density at radius 2 is 2.00 bits per heavy atom. The molecule has 1 aromatic rings. The standard InChI is InChI=1S/C14H24OS/c1-10(9-14(3,4)5)8-12(15)13-11(2)6-7-16-13/h6-7,10,12,15H,8-9H2,1-5H3. The molecule has 0 fully saturated rings. The monoisotopic (exact) mass is 240 g/mol. The number of thiophene rings is 1. The number of hydrogen-bond donors (Lipinski definition) is 1. The van der Waals surface area contributed by atoms with Crippen molar-refractivity contribution in [3.63, 3.8) is 0 Å². The molecule has 1 aromatic heterocycles. The summed E-state index contributed by atoms with van der Waals surface area (Å²) in [5.41, 5.74) is 1.57. The average molecular weight is 240 g/mol. The van der Waals surface area contributed by atoms with Crippen LogP contribution in [0.4, 0.5) is 0 Å². The molecule has 0 radical (unpaired) electrons. The number of aliphatic hydroxyl groups is 1. The Balaban J connectivity index is 2.52. The van der Waals surface area contributed by atoms with Crippen molar-refractivity contribution in [2.45, 2.75) is 53.6 Å². The third-order valence-electron chi connectivity index (χ3n) is 2.79. The summed E-state index contributed by atoms with van der Waals surface area (Å²) in [6, 6.07) is 2.08. The second kappa shape index (κ2) is 5.33. The van der Waals surface area contributed by atoms with Crippen LogP contribution in [0.25, 0.3) is 0 Å². The molecular formula is C14H24OS. The molecular weight excluding hydrogens is 216 g/mol. The summed E-state index contributed by atoms with van der Waals surface area (Å²) < 4.78 is 0. The van der Waals surface area contributed by atoms with Gasteiger partial charge < -0.3 is 5.11 Å². The quantitative estimate of drug-likeness (QED) is 0.818. The molecule has 1 N–H and O–H groups in total. The molecule has 92 valence electrons. The molecule has 0 saturated heterocycles. The van der Waals surface area contributed by atoms with Crippen LogP contribution in [0, 0.1) is 18.3 Å². The van der Waals surface area contributed by atoms with Gasteiger partial charge in [-0.1, -0.05) is 27.7 Å². The van der Waals surface area contributed by atoms with Gasteiger partial charge in [0.2, 0.25) is 0 Å². The summed E-state index contributed by atoms with van der Waals surface area (Å²) in [5, 5.41) is 12.2. The molecule has 0 aromatic carbocycles. The Morgan fingerprint density at radius 3 is 2.44 bits per heavy atom. The summed E-state index contributed by atoms with van der Waals surface area (Å²) in [6.07, 6.45) is 1.75. The molecule has 0 bridgehead atoms. The first-order valence-corrected chi connectivity index (χ1v) is 6.89. The number of hydrogen-bond acceptors (Lipinski definition) is 2. The maximum absolute atomic E-state index is 10.2. The van der Waals surface area contributed by atoms with Crippen LogP contribution < -0.4 is 0 Å². The largest absolute Gasteiger partial charge is 0.388 e. The van der Waals surface area contributed by atoms with Gasteiger partial charge in [0.1, 0.15) is 0 Å². The summed E-state index contributed by atoms with van der Waals surface area (Å²) in [6.45, 7) is 11.1. The van der Waals surface area contributed by atoms with E-state index in [1.165, 1.54) is 5.56 Å². The van der Waals surface area contributed by atoms with Gasteiger partial charge in [0.15, 0.2) is 0 Å². The molecule has 1 rings (SSSR count). The van der Waals surface area contributed by atoms with Gasteiger partial charge in [0.05, 0.1) is 6.10 Å². The van der Waals surface area contributed by atoms with Crippen LogP contribution in [0.3, 0.4) is 0 Å². The zero-order valence-electron chi connectivity index (χ0n) is 11.1. The van der Waals surface area contributed by atoms with Crippen molar-refractivity contribution in [3.05, 3.63) is 21.9 Å². The molecule has 0 aliphatic carbocycles. The molecule has 0 aliphatic rings. The van der Waals surface area contributed by atoms with E-state index in [1.807, 2.05) is 0 Å². The SMILES string of the molecule is Cc1ccsc1C(O)CC(C)CC(C)(C)C. The predicted octanol–water partition coefficient (Wildman–Crippen LogP) is 4.55. The first-order chi connectivity index (χ1) is 7.29.